The summed E-state index contributed by atoms with van der Waals surface area (Å²) in [4.78, 5) is 11.9. The molecule has 4 rings (SSSR count). The van der Waals surface area contributed by atoms with Gasteiger partial charge in [-0.25, -0.2) is 4.79 Å². The molecule has 4 aromatic carbocycles. The van der Waals surface area contributed by atoms with Crippen molar-refractivity contribution in [3.8, 4) is 11.1 Å². The maximum absolute atomic E-state index is 11.9. The van der Waals surface area contributed by atoms with Gasteiger partial charge in [-0.3, -0.25) is 0 Å². The molecule has 4 aromatic rings. The molecular weight excluding hydrogens is 411 g/mol. The molecule has 3 heteroatoms. The van der Waals surface area contributed by atoms with Crippen molar-refractivity contribution in [2.45, 2.75) is 0 Å². The van der Waals surface area contributed by atoms with Gasteiger partial charge >= 0.3 is 5.97 Å². The predicted molar refractivity (Wildman–Crippen MR) is 107 cm³/mol. The molecule has 0 radical (unpaired) electrons. The summed E-state index contributed by atoms with van der Waals surface area (Å²) in [5, 5.41) is 13.9. The van der Waals surface area contributed by atoms with Crippen LogP contribution in [0.15, 0.2) is 72.8 Å². The Morgan fingerprint density at radius 2 is 1.25 bits per heavy atom. The van der Waals surface area contributed by atoms with Crippen LogP contribution in [0, 0.1) is 3.57 Å². The molecule has 0 aromatic heterocycles. The van der Waals surface area contributed by atoms with Gasteiger partial charge in [0.15, 0.2) is 0 Å². The molecule has 0 amide bonds. The Hall–Kier alpha value is -2.40. The highest BCUT2D eigenvalue weighted by Gasteiger charge is 2.19. The van der Waals surface area contributed by atoms with E-state index in [0.29, 0.717) is 5.56 Å². The van der Waals surface area contributed by atoms with Crippen molar-refractivity contribution in [1.29, 1.82) is 0 Å². The number of rotatable bonds is 2. The molecule has 2 nitrogen and oxygen atoms in total. The summed E-state index contributed by atoms with van der Waals surface area (Å²) >= 11 is 2.29. The average molecular weight is 424 g/mol. The molecule has 0 saturated carbocycles. The number of carboxylic acid groups (broad SMARTS) is 1. The van der Waals surface area contributed by atoms with E-state index < -0.39 is 5.97 Å². The predicted octanol–water partition coefficient (Wildman–Crippen LogP) is 5.96. The first-order chi connectivity index (χ1) is 11.7. The van der Waals surface area contributed by atoms with E-state index in [-0.39, 0.29) is 0 Å². The number of carbonyl (C=O) groups is 1. The molecule has 0 aliphatic carbocycles. The molecule has 0 atom stereocenters. The van der Waals surface area contributed by atoms with E-state index in [1.165, 1.54) is 0 Å². The molecule has 116 valence electrons. The summed E-state index contributed by atoms with van der Waals surface area (Å²) in [5.74, 6) is -0.903. The highest BCUT2D eigenvalue weighted by atomic mass is 127. The lowest BCUT2D eigenvalue weighted by molar-refractivity contribution is 0.0698. The van der Waals surface area contributed by atoms with E-state index in [1.807, 2.05) is 48.5 Å². The third-order valence-electron chi connectivity index (χ3n) is 4.29. The van der Waals surface area contributed by atoms with Crippen molar-refractivity contribution in [1.82, 2.24) is 0 Å². The van der Waals surface area contributed by atoms with Gasteiger partial charge in [-0.05, 0) is 56.3 Å². The quantitative estimate of drug-likeness (QED) is 0.403. The number of aromatic carboxylic acids is 1. The molecule has 24 heavy (non-hydrogen) atoms. The van der Waals surface area contributed by atoms with Crippen molar-refractivity contribution in [2.24, 2.45) is 0 Å². The number of hydrogen-bond acceptors (Lipinski definition) is 1. The van der Waals surface area contributed by atoms with Gasteiger partial charge in [0.25, 0.3) is 0 Å². The fourth-order valence-corrected chi connectivity index (χ4v) is 3.96. The number of hydrogen-bond donors (Lipinski definition) is 1. The second kappa shape index (κ2) is 5.91. The minimum absolute atomic E-state index is 0.336. The largest absolute Gasteiger partial charge is 0.478 e. The lowest BCUT2D eigenvalue weighted by Gasteiger charge is -2.15. The molecule has 0 aliphatic heterocycles. The lowest BCUT2D eigenvalue weighted by Crippen LogP contribution is -2.01. The van der Waals surface area contributed by atoms with Gasteiger partial charge in [0.2, 0.25) is 0 Å². The maximum Gasteiger partial charge on any atom is 0.336 e. The molecule has 0 saturated heterocycles. The van der Waals surface area contributed by atoms with Gasteiger partial charge in [-0.2, -0.15) is 0 Å². The van der Waals surface area contributed by atoms with Crippen LogP contribution >= 0.6 is 22.6 Å². The molecule has 0 bridgehead atoms. The fraction of sp³-hybridized carbons (Fsp3) is 0. The van der Waals surface area contributed by atoms with Gasteiger partial charge in [0.1, 0.15) is 0 Å². The van der Waals surface area contributed by atoms with Crippen LogP contribution in [0.3, 0.4) is 0 Å². The standard InChI is InChI=1S/C21H13IO2/c22-18-12-10-14-6-2-4-8-16(14)20(18)19-15-7-3-1-5-13(15)9-11-17(19)21(23)24/h1-12H,(H,23,24). The molecule has 0 spiro atoms. The van der Waals surface area contributed by atoms with Crippen molar-refractivity contribution in [2.75, 3.05) is 0 Å². The lowest BCUT2D eigenvalue weighted by atomic mass is 9.90. The molecule has 0 fully saturated rings. The van der Waals surface area contributed by atoms with Crippen LogP contribution in [-0.2, 0) is 0 Å². The first kappa shape index (κ1) is 15.1. The Balaban J connectivity index is 2.23. The monoisotopic (exact) mass is 424 g/mol. The molecule has 1 N–H and O–H groups in total. The first-order valence-corrected chi connectivity index (χ1v) is 8.67. The van der Waals surface area contributed by atoms with Crippen LogP contribution in [0.25, 0.3) is 32.7 Å². The summed E-state index contributed by atoms with van der Waals surface area (Å²) in [6.45, 7) is 0. The first-order valence-electron chi connectivity index (χ1n) is 7.59. The van der Waals surface area contributed by atoms with Crippen molar-refractivity contribution in [3.05, 3.63) is 81.9 Å². The number of halogens is 1. The van der Waals surface area contributed by atoms with Gasteiger partial charge < -0.3 is 5.11 Å². The van der Waals surface area contributed by atoms with E-state index in [0.717, 1.165) is 36.2 Å². The topological polar surface area (TPSA) is 37.3 Å². The zero-order valence-electron chi connectivity index (χ0n) is 12.7. The SMILES string of the molecule is O=C(O)c1ccc2ccccc2c1-c1c(I)ccc2ccccc12. The summed E-state index contributed by atoms with van der Waals surface area (Å²) < 4.78 is 1.05. The van der Waals surface area contributed by atoms with E-state index in [2.05, 4.69) is 40.8 Å². The maximum atomic E-state index is 11.9. The third kappa shape index (κ3) is 2.36. The van der Waals surface area contributed by atoms with E-state index in [1.54, 1.807) is 6.07 Å². The second-order valence-corrected chi connectivity index (χ2v) is 6.82. The van der Waals surface area contributed by atoms with Crippen molar-refractivity contribution < 1.29 is 9.90 Å². The number of fused-ring (bicyclic) bond motifs is 2. The van der Waals surface area contributed by atoms with Crippen LogP contribution in [0.5, 0.6) is 0 Å². The summed E-state index contributed by atoms with van der Waals surface area (Å²) in [7, 11) is 0. The van der Waals surface area contributed by atoms with E-state index in [4.69, 9.17) is 0 Å². The van der Waals surface area contributed by atoms with E-state index in [9.17, 15) is 9.90 Å². The zero-order valence-corrected chi connectivity index (χ0v) is 14.8. The minimum Gasteiger partial charge on any atom is -0.478 e. The van der Waals surface area contributed by atoms with Crippen LogP contribution < -0.4 is 0 Å². The zero-order chi connectivity index (χ0) is 16.7. The normalized spacial score (nSPS) is 11.0. The Morgan fingerprint density at radius 1 is 0.708 bits per heavy atom. The minimum atomic E-state index is -0.903. The summed E-state index contributed by atoms with van der Waals surface area (Å²) in [6, 6.07) is 23.7. The van der Waals surface area contributed by atoms with Crippen LogP contribution in [0.1, 0.15) is 10.4 Å². The van der Waals surface area contributed by atoms with Gasteiger partial charge in [-0.1, -0.05) is 60.7 Å². The Morgan fingerprint density at radius 3 is 1.88 bits per heavy atom. The van der Waals surface area contributed by atoms with Gasteiger partial charge in [0, 0.05) is 14.7 Å². The molecular formula is C21H13IO2. The third-order valence-corrected chi connectivity index (χ3v) is 5.19. The van der Waals surface area contributed by atoms with Crippen molar-refractivity contribution >= 4 is 50.1 Å². The highest BCUT2D eigenvalue weighted by Crippen LogP contribution is 2.39. The fourth-order valence-electron chi connectivity index (χ4n) is 3.22. The molecule has 0 unspecified atom stereocenters. The van der Waals surface area contributed by atoms with Crippen LogP contribution in [-0.4, -0.2) is 11.1 Å². The van der Waals surface area contributed by atoms with Crippen LogP contribution in [0.2, 0.25) is 0 Å². The highest BCUT2D eigenvalue weighted by molar-refractivity contribution is 14.1. The van der Waals surface area contributed by atoms with E-state index >= 15 is 0 Å². The average Bonchev–Trinajstić information content (AvgIpc) is 2.61. The number of carboxylic acids is 1. The Labute approximate surface area is 152 Å². The Kier molecular flexibility index (Phi) is 3.73. The molecule has 0 heterocycles. The summed E-state index contributed by atoms with van der Waals surface area (Å²) in [6.07, 6.45) is 0. The van der Waals surface area contributed by atoms with Crippen molar-refractivity contribution in [3.63, 3.8) is 0 Å². The molecule has 0 aliphatic rings. The second-order valence-electron chi connectivity index (χ2n) is 5.66. The number of benzene rings is 4. The van der Waals surface area contributed by atoms with Gasteiger partial charge in [0.05, 0.1) is 5.56 Å². The smallest absolute Gasteiger partial charge is 0.336 e. The van der Waals surface area contributed by atoms with Crippen LogP contribution in [0.4, 0.5) is 0 Å². The Bertz CT molecular complexity index is 1100. The summed E-state index contributed by atoms with van der Waals surface area (Å²) in [5.41, 5.74) is 2.12. The van der Waals surface area contributed by atoms with Gasteiger partial charge in [-0.15, -0.1) is 0 Å².